The molecule has 1 aromatic carbocycles. The van der Waals surface area contributed by atoms with Gasteiger partial charge in [0.1, 0.15) is 23.9 Å². The second kappa shape index (κ2) is 20.8. The zero-order valence-electron chi connectivity index (χ0n) is 30.9. The van der Waals surface area contributed by atoms with Crippen molar-refractivity contribution in [3.05, 3.63) is 29.8 Å². The number of carbonyl (C=O) groups is 5. The minimum absolute atomic E-state index is 0.0183. The number of hydrogen-bond acceptors (Lipinski definition) is 10. The summed E-state index contributed by atoms with van der Waals surface area (Å²) in [6.07, 6.45) is -3.87. The van der Waals surface area contributed by atoms with Crippen molar-refractivity contribution < 1.29 is 75.1 Å². The molecule has 1 saturated carbocycles. The summed E-state index contributed by atoms with van der Waals surface area (Å²) in [4.78, 5) is 63.5. The molecule has 56 heavy (non-hydrogen) atoms. The molecule has 0 unspecified atom stereocenters. The number of nitrogens with zero attached hydrogens (tertiary/aromatic N) is 2. The van der Waals surface area contributed by atoms with Gasteiger partial charge < -0.3 is 45.6 Å². The van der Waals surface area contributed by atoms with Crippen molar-refractivity contribution in [1.82, 2.24) is 25.8 Å². The molecule has 3 fully saturated rings. The number of piperazine rings is 1. The fourth-order valence-electron chi connectivity index (χ4n) is 7.20. The molecule has 1 aromatic rings. The minimum Gasteiger partial charge on any atom is -0.493 e. The molecular weight excluding hydrogens is 764 g/mol. The summed E-state index contributed by atoms with van der Waals surface area (Å²) in [6, 6.07) is 5.35. The van der Waals surface area contributed by atoms with E-state index in [0.717, 1.165) is 56.4 Å². The third-order valence-corrected chi connectivity index (χ3v) is 9.96. The van der Waals surface area contributed by atoms with E-state index >= 15 is 0 Å². The maximum absolute atomic E-state index is 14.5. The van der Waals surface area contributed by atoms with Gasteiger partial charge in [0, 0.05) is 44.3 Å². The lowest BCUT2D eigenvalue weighted by Crippen LogP contribution is -2.66. The van der Waals surface area contributed by atoms with Crippen molar-refractivity contribution in [1.29, 1.82) is 0 Å². The number of rotatable bonds is 10. The maximum Gasteiger partial charge on any atom is 0.490 e. The van der Waals surface area contributed by atoms with E-state index < -0.39 is 48.3 Å². The van der Waals surface area contributed by atoms with Crippen molar-refractivity contribution in [3.8, 4) is 5.75 Å². The Morgan fingerprint density at radius 2 is 1.54 bits per heavy atom. The van der Waals surface area contributed by atoms with E-state index in [-0.39, 0.29) is 42.5 Å². The number of aliphatic carboxylic acids is 2. The van der Waals surface area contributed by atoms with E-state index in [2.05, 4.69) is 20.9 Å². The molecule has 2 saturated heterocycles. The number of alkyl halides is 6. The highest BCUT2D eigenvalue weighted by molar-refractivity contribution is 5.94. The number of aliphatic hydroxyl groups is 1. The monoisotopic (exact) mass is 813 g/mol. The number of para-hydroxylation sites is 1. The number of carbonyl (C=O) groups excluding carboxylic acids is 3. The van der Waals surface area contributed by atoms with Gasteiger partial charge in [0.15, 0.2) is 0 Å². The molecule has 5 rings (SSSR count). The van der Waals surface area contributed by atoms with Crippen LogP contribution in [0, 0.1) is 5.92 Å². The van der Waals surface area contributed by atoms with E-state index in [0.29, 0.717) is 32.7 Å². The number of carboxylic acids is 2. The van der Waals surface area contributed by atoms with Crippen LogP contribution in [0.3, 0.4) is 0 Å². The smallest absolute Gasteiger partial charge is 0.490 e. The predicted octanol–water partition coefficient (Wildman–Crippen LogP) is 2.23. The molecule has 21 heteroatoms. The Hall–Kier alpha value is -4.21. The molecule has 3 amide bonds. The third kappa shape index (κ3) is 12.9. The Kier molecular flexibility index (Phi) is 17.2. The van der Waals surface area contributed by atoms with E-state index in [1.165, 1.54) is 0 Å². The van der Waals surface area contributed by atoms with Crippen LogP contribution in [0.1, 0.15) is 63.5 Å². The van der Waals surface area contributed by atoms with Gasteiger partial charge in [-0.15, -0.1) is 0 Å². The average molecular weight is 814 g/mol. The summed E-state index contributed by atoms with van der Waals surface area (Å²) in [5.41, 5.74) is 0.940. The standard InChI is InChI=1S/C31H47N5O6.2C2HF3O2/c1-3-41-22-15-21-16-36(31(40)28(20-9-5-4-6-10-20)34-29(38)25(19-37)32-2)26(18-35(21)17-22)30(39)33-24-13-14-42-27-12-8-7-11-23(24)27;2*3-2(4,5)1(6)7/h7-8,11-12,20-22,24-26,28,32,37H,3-6,9-10,13-19H2,1-2H3,(H,33,39)(H,34,38);2*(H,6,7)/t21-,22-,24-,25+,26+,28+;;/m1../s1. The van der Waals surface area contributed by atoms with Gasteiger partial charge in [0.05, 0.1) is 25.4 Å². The van der Waals surface area contributed by atoms with Crippen molar-refractivity contribution in [2.75, 3.05) is 46.5 Å². The van der Waals surface area contributed by atoms with E-state index in [4.69, 9.17) is 29.3 Å². The van der Waals surface area contributed by atoms with Crippen LogP contribution < -0.4 is 20.7 Å². The highest BCUT2D eigenvalue weighted by atomic mass is 19.4. The van der Waals surface area contributed by atoms with E-state index in [1.54, 1.807) is 11.9 Å². The highest BCUT2D eigenvalue weighted by Crippen LogP contribution is 2.34. The Morgan fingerprint density at radius 3 is 2.09 bits per heavy atom. The zero-order valence-corrected chi connectivity index (χ0v) is 30.9. The normalized spacial score (nSPS) is 23.6. The van der Waals surface area contributed by atoms with Crippen LogP contribution in [0.2, 0.25) is 0 Å². The number of fused-ring (bicyclic) bond motifs is 2. The van der Waals surface area contributed by atoms with Gasteiger partial charge in [0.2, 0.25) is 17.7 Å². The number of nitrogens with one attached hydrogen (secondary N) is 3. The topological polar surface area (TPSA) is 207 Å². The summed E-state index contributed by atoms with van der Waals surface area (Å²) in [5.74, 6) is -5.57. The zero-order chi connectivity index (χ0) is 41.8. The van der Waals surface area contributed by atoms with Gasteiger partial charge in [0.25, 0.3) is 0 Å². The van der Waals surface area contributed by atoms with Gasteiger partial charge in [-0.1, -0.05) is 37.5 Å². The Morgan fingerprint density at radius 1 is 0.929 bits per heavy atom. The first-order valence-electron chi connectivity index (χ1n) is 18.2. The molecule has 6 N–H and O–H groups in total. The quantitative estimate of drug-likeness (QED) is 0.188. The molecule has 0 spiro atoms. The molecule has 1 aliphatic carbocycles. The Balaban J connectivity index is 0.000000512. The fourth-order valence-corrected chi connectivity index (χ4v) is 7.20. The molecule has 316 valence electrons. The number of carboxylic acid groups (broad SMARTS) is 2. The molecular formula is C35H49F6N5O10. The number of amides is 3. The van der Waals surface area contributed by atoms with Crippen molar-refractivity contribution in [2.24, 2.45) is 5.92 Å². The molecule has 3 aliphatic heterocycles. The van der Waals surface area contributed by atoms with Crippen molar-refractivity contribution >= 4 is 29.7 Å². The largest absolute Gasteiger partial charge is 0.493 e. The fraction of sp³-hybridized carbons (Fsp3) is 0.686. The lowest BCUT2D eigenvalue weighted by atomic mass is 9.82. The molecule has 0 radical (unpaired) electrons. The van der Waals surface area contributed by atoms with Crippen LogP contribution in [0.5, 0.6) is 5.75 Å². The first-order valence-corrected chi connectivity index (χ1v) is 18.2. The summed E-state index contributed by atoms with van der Waals surface area (Å²) < 4.78 is 75.2. The number of benzene rings is 1. The van der Waals surface area contributed by atoms with E-state index in [1.807, 2.05) is 31.2 Å². The number of likely N-dealkylation sites (N-methyl/N-ethyl adjacent to an activating group) is 1. The second-order valence-electron chi connectivity index (χ2n) is 13.7. The van der Waals surface area contributed by atoms with Crippen LogP contribution in [0.15, 0.2) is 24.3 Å². The van der Waals surface area contributed by atoms with Gasteiger partial charge in [-0.3, -0.25) is 19.3 Å². The van der Waals surface area contributed by atoms with E-state index in [9.17, 15) is 45.8 Å². The summed E-state index contributed by atoms with van der Waals surface area (Å²) in [5, 5.41) is 33.0. The van der Waals surface area contributed by atoms with Crippen LogP contribution in [-0.2, 0) is 28.7 Å². The summed E-state index contributed by atoms with van der Waals surface area (Å²) >= 11 is 0. The van der Waals surface area contributed by atoms with Crippen molar-refractivity contribution in [2.45, 2.75) is 101 Å². The van der Waals surface area contributed by atoms with Crippen LogP contribution in [0.4, 0.5) is 26.3 Å². The number of hydrogen-bond donors (Lipinski definition) is 6. The summed E-state index contributed by atoms with van der Waals surface area (Å²) in [6.45, 7) is 4.29. The Labute approximate surface area is 319 Å². The minimum atomic E-state index is -5.08. The first-order chi connectivity index (χ1) is 26.3. The molecule has 4 aliphatic rings. The molecule has 0 bridgehead atoms. The van der Waals surface area contributed by atoms with Gasteiger partial charge in [-0.25, -0.2) is 9.59 Å². The molecule has 15 nitrogen and oxygen atoms in total. The number of ether oxygens (including phenoxy) is 2. The van der Waals surface area contributed by atoms with Gasteiger partial charge >= 0.3 is 24.3 Å². The first kappa shape index (κ1) is 46.2. The van der Waals surface area contributed by atoms with Gasteiger partial charge in [-0.05, 0) is 45.2 Å². The molecule has 3 heterocycles. The number of aliphatic hydroxyl groups excluding tert-OH is 1. The van der Waals surface area contributed by atoms with Crippen LogP contribution >= 0.6 is 0 Å². The Bertz CT molecular complexity index is 1470. The molecule has 6 atom stereocenters. The SMILES string of the molecule is CCO[C@@H]1C[C@@H]2CN(C(=O)[C@@H](NC(=O)[C@H](CO)NC)C3CCCCC3)[C@H](C(=O)N[C@@H]3CCOc4ccccc43)CN2C1.O=C(O)C(F)(F)F.O=C(O)C(F)(F)F. The van der Waals surface area contributed by atoms with Crippen LogP contribution in [0.25, 0.3) is 0 Å². The summed E-state index contributed by atoms with van der Waals surface area (Å²) in [7, 11) is 1.61. The average Bonchev–Trinajstić information content (AvgIpc) is 3.55. The maximum atomic E-state index is 14.5. The number of halogens is 6. The van der Waals surface area contributed by atoms with Crippen LogP contribution in [-0.4, -0.2) is 144 Å². The second-order valence-corrected chi connectivity index (χ2v) is 13.7. The highest BCUT2D eigenvalue weighted by Gasteiger charge is 2.48. The van der Waals surface area contributed by atoms with Crippen molar-refractivity contribution in [3.63, 3.8) is 0 Å². The molecule has 0 aromatic heterocycles. The van der Waals surface area contributed by atoms with Gasteiger partial charge in [-0.2, -0.15) is 26.3 Å². The lowest BCUT2D eigenvalue weighted by molar-refractivity contribution is -0.193. The lowest BCUT2D eigenvalue weighted by Gasteiger charge is -2.45. The predicted molar refractivity (Wildman–Crippen MR) is 184 cm³/mol. The third-order valence-electron chi connectivity index (χ3n) is 9.96.